The van der Waals surface area contributed by atoms with E-state index >= 15 is 0 Å². The van der Waals surface area contributed by atoms with Gasteiger partial charge in [0.25, 0.3) is 23.6 Å². The van der Waals surface area contributed by atoms with Crippen LogP contribution in [0.15, 0.2) is 48.5 Å². The van der Waals surface area contributed by atoms with Gasteiger partial charge in [0.2, 0.25) is 0 Å². The van der Waals surface area contributed by atoms with Crippen molar-refractivity contribution in [2.45, 2.75) is 26.7 Å². The SMILES string of the molecule is CCOC(=O)CC(=O)CCl.CCOC(=O)CC(=O)COCCN1C(=O)c2ccccc2C1=O.O=C1c2ccccc2C(=O)N1CCO. The number of rotatable bonds is 14. The number of benzene rings is 2. The first-order chi connectivity index (χ1) is 22.5. The van der Waals surface area contributed by atoms with Crippen LogP contribution in [-0.2, 0) is 33.4 Å². The van der Waals surface area contributed by atoms with Crippen molar-refractivity contribution >= 4 is 58.7 Å². The Morgan fingerprint density at radius 3 is 1.40 bits per heavy atom. The fraction of sp³-hybridized carbons (Fsp3) is 0.375. The van der Waals surface area contributed by atoms with E-state index in [0.717, 1.165) is 9.80 Å². The van der Waals surface area contributed by atoms with Crippen LogP contribution in [0.2, 0.25) is 0 Å². The largest absolute Gasteiger partial charge is 0.466 e. The van der Waals surface area contributed by atoms with Crippen molar-refractivity contribution in [2.75, 3.05) is 52.0 Å². The minimum Gasteiger partial charge on any atom is -0.466 e. The van der Waals surface area contributed by atoms with Gasteiger partial charge in [0.15, 0.2) is 11.6 Å². The first kappa shape index (κ1) is 38.4. The van der Waals surface area contributed by atoms with Gasteiger partial charge in [0, 0.05) is 0 Å². The summed E-state index contributed by atoms with van der Waals surface area (Å²) in [7, 11) is 0. The van der Waals surface area contributed by atoms with Crippen molar-refractivity contribution in [3.63, 3.8) is 0 Å². The third kappa shape index (κ3) is 11.2. The fourth-order valence-electron chi connectivity index (χ4n) is 4.17. The van der Waals surface area contributed by atoms with E-state index in [1.807, 2.05) is 0 Å². The number of carbonyl (C=O) groups excluding carboxylic acids is 8. The predicted molar refractivity (Wildman–Crippen MR) is 165 cm³/mol. The molecule has 0 aromatic heterocycles. The Bertz CT molecular complexity index is 1420. The molecule has 0 fully saturated rings. The van der Waals surface area contributed by atoms with Gasteiger partial charge in [-0.25, -0.2) is 0 Å². The fourth-order valence-corrected chi connectivity index (χ4v) is 4.27. The maximum absolute atomic E-state index is 12.1. The average molecular weight is 675 g/mol. The van der Waals surface area contributed by atoms with Crippen LogP contribution in [0.4, 0.5) is 0 Å². The molecule has 0 atom stereocenters. The second-order valence-electron chi connectivity index (χ2n) is 9.57. The highest BCUT2D eigenvalue weighted by atomic mass is 35.5. The minimum atomic E-state index is -0.596. The molecule has 2 aromatic rings. The molecule has 0 aliphatic carbocycles. The van der Waals surface area contributed by atoms with E-state index in [9.17, 15) is 38.4 Å². The molecule has 0 unspecified atom stereocenters. The average Bonchev–Trinajstić information content (AvgIpc) is 3.44. The Morgan fingerprint density at radius 1 is 0.660 bits per heavy atom. The van der Waals surface area contributed by atoms with E-state index in [-0.39, 0.29) is 87.7 Å². The second-order valence-corrected chi connectivity index (χ2v) is 9.83. The number of β-amino-alcohol motifs (C(OH)–C–C–N with tert-alkyl or cyclic N) is 1. The smallest absolute Gasteiger partial charge is 0.313 e. The molecule has 0 bridgehead atoms. The van der Waals surface area contributed by atoms with Crippen LogP contribution in [-0.4, -0.2) is 114 Å². The summed E-state index contributed by atoms with van der Waals surface area (Å²) in [5.41, 5.74) is 1.59. The van der Waals surface area contributed by atoms with Gasteiger partial charge in [0.05, 0.1) is 67.7 Å². The number of esters is 2. The highest BCUT2D eigenvalue weighted by Crippen LogP contribution is 2.22. The van der Waals surface area contributed by atoms with Crippen LogP contribution < -0.4 is 0 Å². The van der Waals surface area contributed by atoms with E-state index in [0.29, 0.717) is 28.9 Å². The molecule has 2 aliphatic rings. The number of Topliss-reactive ketones (excluding diaryl/α,β-unsaturated/α-hetero) is 2. The molecular weight excluding hydrogens is 640 g/mol. The highest BCUT2D eigenvalue weighted by molar-refractivity contribution is 6.28. The summed E-state index contributed by atoms with van der Waals surface area (Å²) in [4.78, 5) is 93.0. The second kappa shape index (κ2) is 19.7. The van der Waals surface area contributed by atoms with Crippen molar-refractivity contribution in [3.05, 3.63) is 70.8 Å². The molecule has 15 heteroatoms. The quantitative estimate of drug-likeness (QED) is 0.101. The van der Waals surface area contributed by atoms with Gasteiger partial charge in [-0.15, -0.1) is 11.6 Å². The number of hydrogen-bond donors (Lipinski definition) is 1. The summed E-state index contributed by atoms with van der Waals surface area (Å²) in [6.45, 7) is 3.53. The lowest BCUT2D eigenvalue weighted by Crippen LogP contribution is -2.33. The number of amides is 4. The van der Waals surface area contributed by atoms with Crippen molar-refractivity contribution in [2.24, 2.45) is 0 Å². The van der Waals surface area contributed by atoms with Crippen LogP contribution in [0.25, 0.3) is 0 Å². The first-order valence-electron chi connectivity index (χ1n) is 14.5. The van der Waals surface area contributed by atoms with Crippen molar-refractivity contribution < 1.29 is 57.7 Å². The highest BCUT2D eigenvalue weighted by Gasteiger charge is 2.35. The number of imide groups is 2. The molecule has 0 spiro atoms. The molecule has 47 heavy (non-hydrogen) atoms. The van der Waals surface area contributed by atoms with Gasteiger partial charge in [-0.05, 0) is 38.1 Å². The predicted octanol–water partition coefficient (Wildman–Crippen LogP) is 1.84. The number of fused-ring (bicyclic) bond motifs is 2. The minimum absolute atomic E-state index is 0.0278. The number of nitrogens with zero attached hydrogens (tertiary/aromatic N) is 2. The molecule has 0 saturated carbocycles. The standard InChI is InChI=1S/C16H17NO6.C10H9NO3.C6H9ClO3/c1-2-23-14(19)9-11(18)10-22-8-7-17-15(20)12-5-3-4-6-13(12)16(17)21;12-6-5-11-9(13)7-3-1-2-4-8(7)10(11)14;1-2-10-6(9)3-5(8)4-7/h3-6H,2,7-10H2,1H3;1-4,12H,5-6H2;2-4H2,1H3. The molecule has 2 heterocycles. The third-order valence-corrected chi connectivity index (χ3v) is 6.54. The molecule has 2 aliphatic heterocycles. The van der Waals surface area contributed by atoms with E-state index < -0.39 is 17.7 Å². The number of aliphatic hydroxyl groups excluding tert-OH is 1. The molecule has 0 saturated heterocycles. The summed E-state index contributed by atoms with van der Waals surface area (Å²) in [6, 6.07) is 13.2. The molecule has 14 nitrogen and oxygen atoms in total. The van der Waals surface area contributed by atoms with Gasteiger partial charge in [-0.1, -0.05) is 24.3 Å². The van der Waals surface area contributed by atoms with Crippen LogP contribution >= 0.6 is 11.6 Å². The van der Waals surface area contributed by atoms with Crippen LogP contribution in [0.3, 0.4) is 0 Å². The number of aliphatic hydroxyl groups is 1. The zero-order valence-corrected chi connectivity index (χ0v) is 26.7. The lowest BCUT2D eigenvalue weighted by molar-refractivity contribution is -0.147. The normalized spacial score (nSPS) is 12.8. The van der Waals surface area contributed by atoms with Crippen LogP contribution in [0.5, 0.6) is 0 Å². The molecular formula is C32H35ClN2O12. The van der Waals surface area contributed by atoms with Crippen molar-refractivity contribution in [3.8, 4) is 0 Å². The summed E-state index contributed by atoms with van der Waals surface area (Å²) in [5.74, 6) is -3.32. The molecule has 1 N–H and O–H groups in total. The summed E-state index contributed by atoms with van der Waals surface area (Å²) >= 11 is 5.14. The topological polar surface area (TPSA) is 191 Å². The van der Waals surface area contributed by atoms with Gasteiger partial charge in [-0.2, -0.15) is 0 Å². The Balaban J connectivity index is 0.000000272. The van der Waals surface area contributed by atoms with Crippen molar-refractivity contribution in [1.82, 2.24) is 9.80 Å². The maximum Gasteiger partial charge on any atom is 0.313 e. The Labute approximate surface area is 275 Å². The van der Waals surface area contributed by atoms with Gasteiger partial charge < -0.3 is 19.3 Å². The monoisotopic (exact) mass is 674 g/mol. The zero-order valence-electron chi connectivity index (χ0n) is 25.9. The van der Waals surface area contributed by atoms with Crippen LogP contribution in [0, 0.1) is 0 Å². The number of carbonyl (C=O) groups is 8. The Hall–Kier alpha value is -4.79. The molecule has 0 radical (unpaired) electrons. The van der Waals surface area contributed by atoms with E-state index in [1.165, 1.54) is 0 Å². The number of hydrogen-bond acceptors (Lipinski definition) is 12. The third-order valence-electron chi connectivity index (χ3n) is 6.24. The number of ketones is 2. The molecule has 4 rings (SSSR count). The molecule has 252 valence electrons. The lowest BCUT2D eigenvalue weighted by Gasteiger charge is -2.13. The Morgan fingerprint density at radius 2 is 1.04 bits per heavy atom. The van der Waals surface area contributed by atoms with Gasteiger partial charge in [0.1, 0.15) is 19.4 Å². The summed E-state index contributed by atoms with van der Waals surface area (Å²) in [6.07, 6.45) is -0.557. The van der Waals surface area contributed by atoms with E-state index in [1.54, 1.807) is 62.4 Å². The van der Waals surface area contributed by atoms with Crippen LogP contribution in [0.1, 0.15) is 68.1 Å². The lowest BCUT2D eigenvalue weighted by atomic mass is 10.1. The number of ether oxygens (including phenoxy) is 3. The Kier molecular flexibility index (Phi) is 16.1. The zero-order chi connectivity index (χ0) is 34.9. The number of alkyl halides is 1. The van der Waals surface area contributed by atoms with Crippen molar-refractivity contribution in [1.29, 1.82) is 0 Å². The maximum atomic E-state index is 12.1. The summed E-state index contributed by atoms with van der Waals surface area (Å²) in [5, 5.41) is 8.70. The van der Waals surface area contributed by atoms with E-state index in [2.05, 4.69) is 9.47 Å². The summed E-state index contributed by atoms with van der Waals surface area (Å²) < 4.78 is 14.3. The molecule has 4 amide bonds. The van der Waals surface area contributed by atoms with Gasteiger partial charge >= 0.3 is 11.9 Å². The van der Waals surface area contributed by atoms with Gasteiger partial charge in [-0.3, -0.25) is 48.2 Å². The van der Waals surface area contributed by atoms with E-state index in [4.69, 9.17) is 21.4 Å². The first-order valence-corrected chi connectivity index (χ1v) is 15.0. The number of halogens is 1. The molecule has 2 aromatic carbocycles.